The van der Waals surface area contributed by atoms with Crippen molar-refractivity contribution in [2.24, 2.45) is 0 Å². The van der Waals surface area contributed by atoms with E-state index in [0.29, 0.717) is 20.1 Å². The summed E-state index contributed by atoms with van der Waals surface area (Å²) in [6.07, 6.45) is 0. The van der Waals surface area contributed by atoms with Crippen molar-refractivity contribution in [3.8, 4) is 28.6 Å². The standard InChI is InChI=1S/C14H7Br2FN2O2/c15-10-4-2-8(17)6-9(10)13-18-14(21-19-13)7-1-3-11(16)12(20)5-7/h1-6,20H. The minimum atomic E-state index is -0.388. The lowest BCUT2D eigenvalue weighted by atomic mass is 10.2. The molecule has 0 unspecified atom stereocenters. The van der Waals surface area contributed by atoms with Crippen LogP contribution in [-0.4, -0.2) is 15.2 Å². The number of hydrogen-bond donors (Lipinski definition) is 1. The summed E-state index contributed by atoms with van der Waals surface area (Å²) >= 11 is 6.52. The van der Waals surface area contributed by atoms with Crippen LogP contribution in [0.25, 0.3) is 22.8 Å². The molecular formula is C14H7Br2FN2O2. The summed E-state index contributed by atoms with van der Waals surface area (Å²) in [6, 6.07) is 9.13. The predicted molar refractivity (Wildman–Crippen MR) is 82.2 cm³/mol. The lowest BCUT2D eigenvalue weighted by molar-refractivity contribution is 0.431. The number of aromatic nitrogens is 2. The maximum absolute atomic E-state index is 13.3. The molecule has 0 amide bonds. The second-order valence-corrected chi connectivity index (χ2v) is 5.92. The molecule has 0 bridgehead atoms. The maximum Gasteiger partial charge on any atom is 0.258 e. The van der Waals surface area contributed by atoms with Gasteiger partial charge in [-0.1, -0.05) is 21.1 Å². The average Bonchev–Trinajstić information content (AvgIpc) is 2.94. The molecule has 2 aromatic carbocycles. The van der Waals surface area contributed by atoms with E-state index in [0.717, 1.165) is 0 Å². The summed E-state index contributed by atoms with van der Waals surface area (Å²) in [7, 11) is 0. The molecule has 1 N–H and O–H groups in total. The number of rotatable bonds is 2. The zero-order valence-electron chi connectivity index (χ0n) is 10.3. The van der Waals surface area contributed by atoms with Crippen molar-refractivity contribution in [3.05, 3.63) is 51.2 Å². The number of benzene rings is 2. The van der Waals surface area contributed by atoms with Gasteiger partial charge in [0.15, 0.2) is 0 Å². The minimum absolute atomic E-state index is 0.0687. The molecule has 0 radical (unpaired) electrons. The average molecular weight is 414 g/mol. The van der Waals surface area contributed by atoms with E-state index in [1.165, 1.54) is 18.2 Å². The van der Waals surface area contributed by atoms with Crippen LogP contribution in [0, 0.1) is 5.82 Å². The molecule has 0 aliphatic heterocycles. The van der Waals surface area contributed by atoms with E-state index in [1.807, 2.05) is 0 Å². The zero-order chi connectivity index (χ0) is 15.0. The van der Waals surface area contributed by atoms with Crippen LogP contribution in [0.15, 0.2) is 49.9 Å². The Hall–Kier alpha value is -1.73. The van der Waals surface area contributed by atoms with Crippen LogP contribution in [0.4, 0.5) is 4.39 Å². The number of aromatic hydroxyl groups is 1. The first-order chi connectivity index (χ1) is 10.0. The SMILES string of the molecule is Oc1cc(-c2nc(-c3cc(F)ccc3Br)no2)ccc1Br. The van der Waals surface area contributed by atoms with Crippen LogP contribution in [0.5, 0.6) is 5.75 Å². The van der Waals surface area contributed by atoms with E-state index in [9.17, 15) is 9.50 Å². The Kier molecular flexibility index (Phi) is 3.77. The first-order valence-electron chi connectivity index (χ1n) is 5.82. The predicted octanol–water partition coefficient (Wildman–Crippen LogP) is 4.77. The number of phenolic OH excluding ortho intramolecular Hbond substituents is 1. The summed E-state index contributed by atoms with van der Waals surface area (Å²) in [5.74, 6) is 0.183. The highest BCUT2D eigenvalue weighted by Crippen LogP contribution is 2.31. The Labute approximate surface area is 135 Å². The van der Waals surface area contributed by atoms with Gasteiger partial charge in [0.1, 0.15) is 11.6 Å². The molecule has 4 nitrogen and oxygen atoms in total. The van der Waals surface area contributed by atoms with Gasteiger partial charge >= 0.3 is 0 Å². The van der Waals surface area contributed by atoms with Crippen LogP contribution >= 0.6 is 31.9 Å². The highest BCUT2D eigenvalue weighted by molar-refractivity contribution is 9.11. The van der Waals surface area contributed by atoms with Gasteiger partial charge in [-0.2, -0.15) is 4.98 Å². The summed E-state index contributed by atoms with van der Waals surface area (Å²) < 4.78 is 19.7. The van der Waals surface area contributed by atoms with Gasteiger partial charge in [0.05, 0.1) is 4.47 Å². The van der Waals surface area contributed by atoms with Crippen molar-refractivity contribution in [1.82, 2.24) is 10.1 Å². The van der Waals surface area contributed by atoms with Gasteiger partial charge in [-0.3, -0.25) is 0 Å². The second-order valence-electron chi connectivity index (χ2n) is 4.21. The normalized spacial score (nSPS) is 10.8. The summed E-state index contributed by atoms with van der Waals surface area (Å²) in [4.78, 5) is 4.22. The smallest absolute Gasteiger partial charge is 0.258 e. The van der Waals surface area contributed by atoms with Crippen molar-refractivity contribution < 1.29 is 14.0 Å². The Morgan fingerprint density at radius 3 is 2.57 bits per heavy atom. The van der Waals surface area contributed by atoms with Crippen molar-refractivity contribution in [2.75, 3.05) is 0 Å². The van der Waals surface area contributed by atoms with Crippen molar-refractivity contribution in [1.29, 1.82) is 0 Å². The molecule has 3 aromatic rings. The lowest BCUT2D eigenvalue weighted by Crippen LogP contribution is -1.85. The fraction of sp³-hybridized carbons (Fsp3) is 0. The third-order valence-corrected chi connectivity index (χ3v) is 4.15. The van der Waals surface area contributed by atoms with Gasteiger partial charge in [-0.05, 0) is 52.3 Å². The van der Waals surface area contributed by atoms with Gasteiger partial charge in [0, 0.05) is 15.6 Å². The van der Waals surface area contributed by atoms with E-state index in [-0.39, 0.29) is 23.3 Å². The second kappa shape index (κ2) is 5.57. The Bertz CT molecular complexity index is 820. The molecular weight excluding hydrogens is 407 g/mol. The fourth-order valence-corrected chi connectivity index (χ4v) is 2.44. The van der Waals surface area contributed by atoms with Crippen molar-refractivity contribution in [2.45, 2.75) is 0 Å². The number of phenols is 1. The number of nitrogens with zero attached hydrogens (tertiary/aromatic N) is 2. The first-order valence-corrected chi connectivity index (χ1v) is 7.41. The molecule has 0 saturated heterocycles. The molecule has 1 heterocycles. The molecule has 0 fully saturated rings. The lowest BCUT2D eigenvalue weighted by Gasteiger charge is -1.99. The Morgan fingerprint density at radius 2 is 1.81 bits per heavy atom. The minimum Gasteiger partial charge on any atom is -0.507 e. The summed E-state index contributed by atoms with van der Waals surface area (Å²) in [5.41, 5.74) is 1.06. The third-order valence-electron chi connectivity index (χ3n) is 2.79. The van der Waals surface area contributed by atoms with Crippen LogP contribution in [0.3, 0.4) is 0 Å². The monoisotopic (exact) mass is 412 g/mol. The van der Waals surface area contributed by atoms with E-state index in [4.69, 9.17) is 4.52 Å². The molecule has 0 aliphatic carbocycles. The van der Waals surface area contributed by atoms with Gasteiger partial charge in [-0.15, -0.1) is 0 Å². The number of halogens is 3. The van der Waals surface area contributed by atoms with E-state index in [1.54, 1.807) is 18.2 Å². The van der Waals surface area contributed by atoms with Gasteiger partial charge in [0.2, 0.25) is 5.82 Å². The third kappa shape index (κ3) is 2.84. The Morgan fingerprint density at radius 1 is 1.05 bits per heavy atom. The van der Waals surface area contributed by atoms with Crippen LogP contribution in [0.2, 0.25) is 0 Å². The molecule has 0 spiro atoms. The molecule has 7 heteroatoms. The van der Waals surface area contributed by atoms with E-state index < -0.39 is 0 Å². The van der Waals surface area contributed by atoms with Gasteiger partial charge in [0.25, 0.3) is 5.89 Å². The largest absolute Gasteiger partial charge is 0.507 e. The summed E-state index contributed by atoms with van der Waals surface area (Å²) in [5, 5.41) is 13.5. The number of hydrogen-bond acceptors (Lipinski definition) is 4. The molecule has 0 saturated carbocycles. The summed E-state index contributed by atoms with van der Waals surface area (Å²) in [6.45, 7) is 0. The zero-order valence-corrected chi connectivity index (χ0v) is 13.5. The Balaban J connectivity index is 2.03. The highest BCUT2D eigenvalue weighted by atomic mass is 79.9. The maximum atomic E-state index is 13.3. The fourth-order valence-electron chi connectivity index (χ4n) is 1.76. The van der Waals surface area contributed by atoms with Gasteiger partial charge < -0.3 is 9.63 Å². The molecule has 106 valence electrons. The van der Waals surface area contributed by atoms with E-state index in [2.05, 4.69) is 42.0 Å². The topological polar surface area (TPSA) is 59.2 Å². The quantitative estimate of drug-likeness (QED) is 0.657. The van der Waals surface area contributed by atoms with Crippen LogP contribution in [-0.2, 0) is 0 Å². The highest BCUT2D eigenvalue weighted by Gasteiger charge is 2.14. The first kappa shape index (κ1) is 14.2. The van der Waals surface area contributed by atoms with Crippen molar-refractivity contribution >= 4 is 31.9 Å². The molecule has 0 atom stereocenters. The molecule has 3 rings (SSSR count). The van der Waals surface area contributed by atoms with E-state index >= 15 is 0 Å². The molecule has 0 aliphatic rings. The molecule has 21 heavy (non-hydrogen) atoms. The molecule has 1 aromatic heterocycles. The van der Waals surface area contributed by atoms with Crippen molar-refractivity contribution in [3.63, 3.8) is 0 Å². The van der Waals surface area contributed by atoms with Crippen LogP contribution in [0.1, 0.15) is 0 Å². The van der Waals surface area contributed by atoms with Crippen LogP contribution < -0.4 is 0 Å². The van der Waals surface area contributed by atoms with Gasteiger partial charge in [-0.25, -0.2) is 4.39 Å².